The number of hydrogen-bond donors (Lipinski definition) is 1. The first-order valence-corrected chi connectivity index (χ1v) is 7.10. The number of rotatable bonds is 5. The third-order valence-corrected chi connectivity index (χ3v) is 4.01. The first kappa shape index (κ1) is 14.8. The van der Waals surface area contributed by atoms with E-state index in [2.05, 4.69) is 0 Å². The Bertz CT molecular complexity index is 611. The zero-order valence-corrected chi connectivity index (χ0v) is 12.4. The van der Waals surface area contributed by atoms with Gasteiger partial charge in [0.25, 0.3) is 0 Å². The standard InChI is InChI=1S/C15H13ClO3S/c1-19-11-3-6-12(7-4-11)20-13-5-2-10(8-15(17)18)14(16)9-13/h2-7,9H,8H2,1H3,(H,17,18). The summed E-state index contributed by atoms with van der Waals surface area (Å²) in [6.45, 7) is 0. The topological polar surface area (TPSA) is 46.5 Å². The van der Waals surface area contributed by atoms with Crippen LogP contribution in [-0.4, -0.2) is 18.2 Å². The van der Waals surface area contributed by atoms with E-state index in [1.807, 2.05) is 30.3 Å². The fourth-order valence-electron chi connectivity index (χ4n) is 1.68. The van der Waals surface area contributed by atoms with Gasteiger partial charge in [-0.25, -0.2) is 0 Å². The van der Waals surface area contributed by atoms with Crippen molar-refractivity contribution in [2.24, 2.45) is 0 Å². The maximum atomic E-state index is 10.7. The van der Waals surface area contributed by atoms with Crippen molar-refractivity contribution in [3.63, 3.8) is 0 Å². The molecule has 2 aromatic carbocycles. The van der Waals surface area contributed by atoms with Gasteiger partial charge in [0.05, 0.1) is 13.5 Å². The van der Waals surface area contributed by atoms with E-state index in [0.717, 1.165) is 15.5 Å². The van der Waals surface area contributed by atoms with Crippen LogP contribution in [0.1, 0.15) is 5.56 Å². The molecule has 104 valence electrons. The Morgan fingerprint density at radius 3 is 2.40 bits per heavy atom. The molecule has 0 aliphatic carbocycles. The van der Waals surface area contributed by atoms with Crippen LogP contribution in [0.25, 0.3) is 0 Å². The van der Waals surface area contributed by atoms with Crippen molar-refractivity contribution in [2.75, 3.05) is 7.11 Å². The number of hydrogen-bond acceptors (Lipinski definition) is 3. The zero-order chi connectivity index (χ0) is 14.5. The van der Waals surface area contributed by atoms with Gasteiger partial charge in [-0.3, -0.25) is 4.79 Å². The third kappa shape index (κ3) is 3.92. The van der Waals surface area contributed by atoms with Crippen LogP contribution in [0.2, 0.25) is 5.02 Å². The zero-order valence-electron chi connectivity index (χ0n) is 10.8. The number of aliphatic carboxylic acids is 1. The van der Waals surface area contributed by atoms with E-state index in [1.54, 1.807) is 31.0 Å². The number of halogens is 1. The van der Waals surface area contributed by atoms with Gasteiger partial charge in [-0.15, -0.1) is 0 Å². The number of carboxylic acids is 1. The first-order valence-electron chi connectivity index (χ1n) is 5.90. The van der Waals surface area contributed by atoms with Crippen LogP contribution >= 0.6 is 23.4 Å². The summed E-state index contributed by atoms with van der Waals surface area (Å²) in [6.07, 6.45) is -0.0632. The lowest BCUT2D eigenvalue weighted by atomic mass is 10.1. The molecule has 0 bridgehead atoms. The van der Waals surface area contributed by atoms with Crippen molar-refractivity contribution in [1.29, 1.82) is 0 Å². The number of carbonyl (C=O) groups is 1. The second kappa shape index (κ2) is 6.68. The first-order chi connectivity index (χ1) is 9.58. The normalized spacial score (nSPS) is 10.3. The smallest absolute Gasteiger partial charge is 0.307 e. The average molecular weight is 309 g/mol. The third-order valence-electron chi connectivity index (χ3n) is 2.66. The Kier molecular flexibility index (Phi) is 4.93. The van der Waals surface area contributed by atoms with Crippen molar-refractivity contribution in [1.82, 2.24) is 0 Å². The van der Waals surface area contributed by atoms with Gasteiger partial charge in [0.2, 0.25) is 0 Å². The Hall–Kier alpha value is -1.65. The highest BCUT2D eigenvalue weighted by atomic mass is 35.5. The van der Waals surface area contributed by atoms with Crippen LogP contribution in [0.15, 0.2) is 52.3 Å². The second-order valence-electron chi connectivity index (χ2n) is 4.10. The Labute approximate surface area is 126 Å². The van der Waals surface area contributed by atoms with Gasteiger partial charge < -0.3 is 9.84 Å². The molecule has 0 saturated carbocycles. The maximum absolute atomic E-state index is 10.7. The van der Waals surface area contributed by atoms with Crippen molar-refractivity contribution >= 4 is 29.3 Å². The molecule has 20 heavy (non-hydrogen) atoms. The van der Waals surface area contributed by atoms with E-state index in [4.69, 9.17) is 21.4 Å². The predicted molar refractivity (Wildman–Crippen MR) is 79.9 cm³/mol. The Morgan fingerprint density at radius 2 is 1.85 bits per heavy atom. The highest BCUT2D eigenvalue weighted by Gasteiger charge is 2.07. The lowest BCUT2D eigenvalue weighted by Gasteiger charge is -2.06. The van der Waals surface area contributed by atoms with Crippen LogP contribution in [-0.2, 0) is 11.2 Å². The summed E-state index contributed by atoms with van der Waals surface area (Å²) in [5.74, 6) is -0.0772. The monoisotopic (exact) mass is 308 g/mol. The molecule has 0 saturated heterocycles. The predicted octanol–water partition coefficient (Wildman–Crippen LogP) is 4.13. The quantitative estimate of drug-likeness (QED) is 0.902. The van der Waals surface area contributed by atoms with E-state index >= 15 is 0 Å². The summed E-state index contributed by atoms with van der Waals surface area (Å²) in [4.78, 5) is 12.7. The average Bonchev–Trinajstić information content (AvgIpc) is 2.42. The molecule has 0 aliphatic heterocycles. The van der Waals surface area contributed by atoms with E-state index in [-0.39, 0.29) is 6.42 Å². The van der Waals surface area contributed by atoms with Crippen molar-refractivity contribution < 1.29 is 14.6 Å². The second-order valence-corrected chi connectivity index (χ2v) is 5.66. The van der Waals surface area contributed by atoms with Crippen molar-refractivity contribution in [2.45, 2.75) is 16.2 Å². The molecule has 0 unspecified atom stereocenters. The minimum atomic E-state index is -0.887. The molecule has 0 atom stereocenters. The molecule has 0 aliphatic rings. The minimum absolute atomic E-state index is 0.0632. The van der Waals surface area contributed by atoms with E-state index < -0.39 is 5.97 Å². The Morgan fingerprint density at radius 1 is 1.20 bits per heavy atom. The molecule has 0 aromatic heterocycles. The van der Waals surface area contributed by atoms with Gasteiger partial charge in [0.15, 0.2) is 0 Å². The number of ether oxygens (including phenoxy) is 1. The fourth-order valence-corrected chi connectivity index (χ4v) is 2.85. The molecule has 2 rings (SSSR count). The summed E-state index contributed by atoms with van der Waals surface area (Å²) < 4.78 is 5.11. The molecule has 5 heteroatoms. The molecular formula is C15H13ClO3S. The van der Waals surface area contributed by atoms with Crippen LogP contribution in [0, 0.1) is 0 Å². The van der Waals surface area contributed by atoms with Crippen LogP contribution in [0.4, 0.5) is 0 Å². The number of carboxylic acid groups (broad SMARTS) is 1. The van der Waals surface area contributed by atoms with Crippen LogP contribution < -0.4 is 4.74 Å². The molecule has 0 radical (unpaired) electrons. The summed E-state index contributed by atoms with van der Waals surface area (Å²) >= 11 is 7.65. The number of methoxy groups -OCH3 is 1. The SMILES string of the molecule is COc1ccc(Sc2ccc(CC(=O)O)c(Cl)c2)cc1. The summed E-state index contributed by atoms with van der Waals surface area (Å²) in [5.41, 5.74) is 0.623. The molecule has 0 spiro atoms. The summed E-state index contributed by atoms with van der Waals surface area (Å²) in [6, 6.07) is 13.1. The van der Waals surface area contributed by atoms with Gasteiger partial charge >= 0.3 is 5.97 Å². The Balaban J connectivity index is 2.13. The molecular weight excluding hydrogens is 296 g/mol. The highest BCUT2D eigenvalue weighted by Crippen LogP contribution is 2.31. The van der Waals surface area contributed by atoms with E-state index in [9.17, 15) is 4.79 Å². The largest absolute Gasteiger partial charge is 0.497 e. The molecule has 0 fully saturated rings. The van der Waals surface area contributed by atoms with E-state index in [1.165, 1.54) is 0 Å². The summed E-state index contributed by atoms with van der Waals surface area (Å²) in [7, 11) is 1.63. The molecule has 0 heterocycles. The molecule has 3 nitrogen and oxygen atoms in total. The fraction of sp³-hybridized carbons (Fsp3) is 0.133. The lowest BCUT2D eigenvalue weighted by Crippen LogP contribution is -2.00. The number of benzene rings is 2. The lowest BCUT2D eigenvalue weighted by molar-refractivity contribution is -0.136. The van der Waals surface area contributed by atoms with Crippen molar-refractivity contribution in [3.8, 4) is 5.75 Å². The maximum Gasteiger partial charge on any atom is 0.307 e. The summed E-state index contributed by atoms with van der Waals surface area (Å²) in [5, 5.41) is 9.25. The van der Waals surface area contributed by atoms with Crippen molar-refractivity contribution in [3.05, 3.63) is 53.1 Å². The molecule has 0 amide bonds. The van der Waals surface area contributed by atoms with Gasteiger partial charge in [0.1, 0.15) is 5.75 Å². The molecule has 1 N–H and O–H groups in total. The van der Waals surface area contributed by atoms with Crippen LogP contribution in [0.5, 0.6) is 5.75 Å². The van der Waals surface area contributed by atoms with Gasteiger partial charge in [-0.1, -0.05) is 29.4 Å². The van der Waals surface area contributed by atoms with Crippen LogP contribution in [0.3, 0.4) is 0 Å². The highest BCUT2D eigenvalue weighted by molar-refractivity contribution is 7.99. The van der Waals surface area contributed by atoms with Gasteiger partial charge in [-0.05, 0) is 42.0 Å². The van der Waals surface area contributed by atoms with Gasteiger partial charge in [0, 0.05) is 14.8 Å². The van der Waals surface area contributed by atoms with E-state index in [0.29, 0.717) is 10.6 Å². The molecule has 2 aromatic rings. The minimum Gasteiger partial charge on any atom is -0.497 e. The van der Waals surface area contributed by atoms with Gasteiger partial charge in [-0.2, -0.15) is 0 Å².